The normalized spacial score (nSPS) is 14.4. The van der Waals surface area contributed by atoms with E-state index in [1.165, 1.54) is 6.42 Å². The summed E-state index contributed by atoms with van der Waals surface area (Å²) in [7, 11) is 0. The lowest BCUT2D eigenvalue weighted by Crippen LogP contribution is -2.34. The topological polar surface area (TPSA) is 46.7 Å². The van der Waals surface area contributed by atoms with E-state index >= 15 is 0 Å². The van der Waals surface area contributed by atoms with E-state index in [1.54, 1.807) is 6.92 Å². The largest absolute Gasteiger partial charge is 0.313 e. The van der Waals surface area contributed by atoms with Crippen molar-refractivity contribution in [3.05, 3.63) is 70.7 Å². The van der Waals surface area contributed by atoms with Crippen LogP contribution in [0.4, 0.5) is 5.69 Å². The van der Waals surface area contributed by atoms with E-state index in [4.69, 9.17) is 6.57 Å². The Bertz CT molecular complexity index is 1190. The van der Waals surface area contributed by atoms with Gasteiger partial charge in [-0.1, -0.05) is 30.7 Å². The quantitative estimate of drug-likeness (QED) is 0.360. The predicted molar refractivity (Wildman–Crippen MR) is 128 cm³/mol. The number of nitrogens with zero attached hydrogens (tertiary/aromatic N) is 3. The molecule has 2 aromatic carbocycles. The average molecular weight is 428 g/mol. The highest BCUT2D eigenvalue weighted by Gasteiger charge is 2.23. The zero-order valence-electron chi connectivity index (χ0n) is 18.9. The molecule has 0 N–H and O–H groups in total. The van der Waals surface area contributed by atoms with Crippen molar-refractivity contribution in [2.75, 3.05) is 19.6 Å². The lowest BCUT2D eigenvalue weighted by molar-refractivity contribution is -0.116. The number of ketones is 2. The number of hydrogen-bond donors (Lipinski definition) is 0. The molecule has 1 aliphatic rings. The maximum Gasteiger partial charge on any atom is 0.187 e. The van der Waals surface area contributed by atoms with Gasteiger partial charge in [0.2, 0.25) is 0 Å². The summed E-state index contributed by atoms with van der Waals surface area (Å²) in [5, 5.41) is 0.949. The molecule has 0 atom stereocenters. The van der Waals surface area contributed by atoms with Crippen LogP contribution in [0, 0.1) is 13.5 Å². The first-order valence-corrected chi connectivity index (χ1v) is 11.3. The van der Waals surface area contributed by atoms with E-state index in [1.807, 2.05) is 43.3 Å². The fourth-order valence-corrected chi connectivity index (χ4v) is 4.70. The number of fused-ring (bicyclic) bond motifs is 1. The summed E-state index contributed by atoms with van der Waals surface area (Å²) in [6.07, 6.45) is 4.74. The summed E-state index contributed by atoms with van der Waals surface area (Å²) in [6, 6.07) is 13.7. The Kier molecular flexibility index (Phi) is 6.53. The van der Waals surface area contributed by atoms with Crippen molar-refractivity contribution in [3.8, 4) is 5.69 Å². The molecule has 0 amide bonds. The molecular weight excluding hydrogens is 398 g/mol. The monoisotopic (exact) mass is 427 g/mol. The smallest absolute Gasteiger partial charge is 0.187 e. The Labute approximate surface area is 189 Å². The molecule has 5 heteroatoms. The summed E-state index contributed by atoms with van der Waals surface area (Å²) >= 11 is 0. The van der Waals surface area contributed by atoms with Crippen LogP contribution in [-0.2, 0) is 11.2 Å². The fraction of sp³-hybridized carbons (Fsp3) is 0.370. The second kappa shape index (κ2) is 9.50. The Morgan fingerprint density at radius 1 is 1.03 bits per heavy atom. The summed E-state index contributed by atoms with van der Waals surface area (Å²) in [5.74, 6) is 0.325. The molecule has 4 rings (SSSR count). The zero-order chi connectivity index (χ0) is 22.7. The Balaban J connectivity index is 1.80. The summed E-state index contributed by atoms with van der Waals surface area (Å²) in [4.78, 5) is 30.7. The molecule has 1 aliphatic heterocycles. The lowest BCUT2D eigenvalue weighted by atomic mass is 10.0. The Morgan fingerprint density at radius 2 is 1.75 bits per heavy atom. The number of Topliss-reactive ketones (excluding diaryl/α,β-unsaturated/α-hetero) is 2. The molecule has 1 saturated heterocycles. The van der Waals surface area contributed by atoms with Crippen LogP contribution in [0.3, 0.4) is 0 Å². The summed E-state index contributed by atoms with van der Waals surface area (Å²) in [6.45, 7) is 13.3. The van der Waals surface area contributed by atoms with Crippen LogP contribution < -0.4 is 0 Å². The third-order valence-electron chi connectivity index (χ3n) is 6.37. The molecule has 1 aromatic heterocycles. The van der Waals surface area contributed by atoms with Crippen LogP contribution in [0.15, 0.2) is 42.5 Å². The number of piperidine rings is 1. The van der Waals surface area contributed by atoms with E-state index < -0.39 is 0 Å². The number of carbonyl (C=O) groups is 2. The van der Waals surface area contributed by atoms with Crippen LogP contribution in [-0.4, -0.2) is 40.7 Å². The molecule has 3 aromatic rings. The first-order chi connectivity index (χ1) is 15.5. The number of carbonyl (C=O) groups excluding carboxylic acids is 2. The second-order valence-corrected chi connectivity index (χ2v) is 8.74. The van der Waals surface area contributed by atoms with Crippen LogP contribution in [0.25, 0.3) is 21.4 Å². The first kappa shape index (κ1) is 22.0. The molecule has 0 saturated carbocycles. The Hall–Kier alpha value is -3.23. The Morgan fingerprint density at radius 3 is 2.41 bits per heavy atom. The minimum Gasteiger partial charge on any atom is -0.313 e. The van der Waals surface area contributed by atoms with Gasteiger partial charge < -0.3 is 9.36 Å². The van der Waals surface area contributed by atoms with E-state index in [2.05, 4.69) is 20.4 Å². The predicted octanol–water partition coefficient (Wildman–Crippen LogP) is 5.68. The van der Waals surface area contributed by atoms with Gasteiger partial charge in [0.25, 0.3) is 0 Å². The van der Waals surface area contributed by atoms with Crippen LogP contribution >= 0.6 is 0 Å². The third-order valence-corrected chi connectivity index (χ3v) is 6.37. The van der Waals surface area contributed by atoms with Gasteiger partial charge in [0, 0.05) is 28.8 Å². The molecule has 0 spiro atoms. The van der Waals surface area contributed by atoms with Crippen molar-refractivity contribution in [1.29, 1.82) is 0 Å². The summed E-state index contributed by atoms with van der Waals surface area (Å²) in [5.41, 5.74) is 5.27. The van der Waals surface area contributed by atoms with Crippen LogP contribution in [0.2, 0.25) is 0 Å². The highest BCUT2D eigenvalue weighted by molar-refractivity contribution is 6.11. The molecular formula is C27H29N3O2. The van der Waals surface area contributed by atoms with Gasteiger partial charge in [0.1, 0.15) is 5.78 Å². The summed E-state index contributed by atoms with van der Waals surface area (Å²) < 4.78 is 2.11. The number of rotatable bonds is 7. The molecule has 0 bridgehead atoms. The number of likely N-dealkylation sites (tertiary alicyclic amines) is 1. The van der Waals surface area contributed by atoms with Crippen molar-refractivity contribution >= 4 is 28.2 Å². The van der Waals surface area contributed by atoms with Gasteiger partial charge in [-0.15, -0.1) is 0 Å². The third kappa shape index (κ3) is 4.51. The highest BCUT2D eigenvalue weighted by atomic mass is 16.1. The maximum atomic E-state index is 13.5. The lowest BCUT2D eigenvalue weighted by Gasteiger charge is -2.25. The van der Waals surface area contributed by atoms with Gasteiger partial charge in [-0.25, -0.2) is 4.85 Å². The molecule has 0 unspecified atom stereocenters. The number of aryl methyl sites for hydroxylation is 1. The first-order valence-electron chi connectivity index (χ1n) is 11.3. The van der Waals surface area contributed by atoms with Crippen molar-refractivity contribution in [2.45, 2.75) is 46.0 Å². The molecule has 1 fully saturated rings. The van der Waals surface area contributed by atoms with E-state index in [9.17, 15) is 9.59 Å². The molecule has 0 aliphatic carbocycles. The molecule has 2 heterocycles. The van der Waals surface area contributed by atoms with Crippen molar-refractivity contribution in [3.63, 3.8) is 0 Å². The number of hydrogen-bond acceptors (Lipinski definition) is 3. The molecule has 5 nitrogen and oxygen atoms in total. The number of benzene rings is 2. The molecule has 164 valence electrons. The molecule has 0 radical (unpaired) electrons. The maximum absolute atomic E-state index is 13.5. The fourth-order valence-electron chi connectivity index (χ4n) is 4.70. The van der Waals surface area contributed by atoms with Gasteiger partial charge in [-0.2, -0.15) is 0 Å². The van der Waals surface area contributed by atoms with Crippen LogP contribution in [0.5, 0.6) is 0 Å². The van der Waals surface area contributed by atoms with E-state index in [0.717, 1.165) is 59.3 Å². The van der Waals surface area contributed by atoms with Gasteiger partial charge in [-0.05, 0) is 70.0 Å². The SMILES string of the molecule is [C-]#[N+]c1ccc(-n2c(C)c(C(=O)CN3CCCCC3)c3ccc(CCC(C)=O)cc32)cc1. The average Bonchev–Trinajstić information content (AvgIpc) is 3.09. The van der Waals surface area contributed by atoms with Gasteiger partial charge in [0.15, 0.2) is 11.5 Å². The molecule has 32 heavy (non-hydrogen) atoms. The highest BCUT2D eigenvalue weighted by Crippen LogP contribution is 2.32. The standard InChI is InChI=1S/C27H29N3O2/c1-19(31)7-8-21-9-14-24-25(17-21)30(23-12-10-22(28-3)11-13-23)20(2)27(24)26(32)18-29-15-5-4-6-16-29/h9-14,17H,4-8,15-16,18H2,1-2H3. The van der Waals surface area contributed by atoms with E-state index in [0.29, 0.717) is 25.1 Å². The number of aromatic nitrogens is 1. The van der Waals surface area contributed by atoms with Crippen molar-refractivity contribution in [2.24, 2.45) is 0 Å². The van der Waals surface area contributed by atoms with Gasteiger partial charge in [0.05, 0.1) is 18.6 Å². The van der Waals surface area contributed by atoms with Gasteiger partial charge in [-0.3, -0.25) is 9.69 Å². The zero-order valence-corrected chi connectivity index (χ0v) is 18.9. The second-order valence-electron chi connectivity index (χ2n) is 8.74. The minimum absolute atomic E-state index is 0.155. The van der Waals surface area contributed by atoms with E-state index in [-0.39, 0.29) is 11.6 Å². The van der Waals surface area contributed by atoms with Crippen molar-refractivity contribution < 1.29 is 9.59 Å². The van der Waals surface area contributed by atoms with Crippen LogP contribution in [0.1, 0.15) is 54.2 Å². The van der Waals surface area contributed by atoms with Crippen molar-refractivity contribution in [1.82, 2.24) is 9.47 Å². The minimum atomic E-state index is 0.155. The van der Waals surface area contributed by atoms with Gasteiger partial charge >= 0.3 is 0 Å².